The molecule has 0 radical (unpaired) electrons. The number of rotatable bonds is 0. The second-order valence-electron chi connectivity index (χ2n) is 4.38. The van der Waals surface area contributed by atoms with Crippen LogP contribution in [0.5, 0.6) is 0 Å². The van der Waals surface area contributed by atoms with Gasteiger partial charge >= 0.3 is 0 Å². The normalized spacial score (nSPS) is 11.6. The third-order valence-corrected chi connectivity index (χ3v) is 3.07. The van der Waals surface area contributed by atoms with E-state index < -0.39 is 0 Å². The molecule has 86 valence electrons. The zero-order valence-corrected chi connectivity index (χ0v) is 9.81. The summed E-state index contributed by atoms with van der Waals surface area (Å²) in [5, 5.41) is 0. The highest BCUT2D eigenvalue weighted by Crippen LogP contribution is 2.21. The topological polar surface area (TPSA) is 54.5 Å². The van der Waals surface area contributed by atoms with Gasteiger partial charge in [-0.1, -0.05) is 12.1 Å². The number of H-pyrrole nitrogens is 1. The van der Waals surface area contributed by atoms with E-state index in [1.807, 2.05) is 43.3 Å². The molecule has 0 atom stereocenters. The molecule has 4 rings (SSSR count). The fourth-order valence-corrected chi connectivity index (χ4v) is 2.26. The molecule has 0 saturated heterocycles. The van der Waals surface area contributed by atoms with Crippen LogP contribution in [0.15, 0.2) is 36.4 Å². The van der Waals surface area contributed by atoms with Crippen molar-refractivity contribution in [2.24, 2.45) is 0 Å². The number of nitrogens with zero attached hydrogens (tertiary/aromatic N) is 3. The first kappa shape index (κ1) is 9.53. The smallest absolute Gasteiger partial charge is 0.126 e. The monoisotopic (exact) mass is 234 g/mol. The zero-order valence-electron chi connectivity index (χ0n) is 9.81. The molecule has 0 aliphatic heterocycles. The molecule has 0 aliphatic carbocycles. The molecule has 0 unspecified atom stereocenters. The molecule has 18 heavy (non-hydrogen) atoms. The second kappa shape index (κ2) is 3.26. The highest BCUT2D eigenvalue weighted by atomic mass is 14.9. The summed E-state index contributed by atoms with van der Waals surface area (Å²) in [6, 6.07) is 12.0. The Morgan fingerprint density at radius 1 is 0.778 bits per heavy atom. The molecule has 4 aromatic rings. The number of imidazole rings is 1. The van der Waals surface area contributed by atoms with E-state index >= 15 is 0 Å². The maximum atomic E-state index is 4.64. The van der Waals surface area contributed by atoms with Crippen molar-refractivity contribution in [2.75, 3.05) is 0 Å². The van der Waals surface area contributed by atoms with E-state index in [1.165, 1.54) is 0 Å². The van der Waals surface area contributed by atoms with Crippen LogP contribution in [0.2, 0.25) is 0 Å². The number of benzene rings is 2. The quantitative estimate of drug-likeness (QED) is 0.476. The largest absolute Gasteiger partial charge is 0.352 e. The molecule has 0 fully saturated rings. The molecule has 2 aromatic heterocycles. The average molecular weight is 234 g/mol. The van der Waals surface area contributed by atoms with Crippen LogP contribution in [0, 0.1) is 6.92 Å². The number of aromatic nitrogens is 4. The highest BCUT2D eigenvalue weighted by Gasteiger charge is 2.05. The van der Waals surface area contributed by atoms with Crippen LogP contribution in [-0.4, -0.2) is 19.9 Å². The van der Waals surface area contributed by atoms with Crippen molar-refractivity contribution in [3.63, 3.8) is 0 Å². The molecular weight excluding hydrogens is 224 g/mol. The van der Waals surface area contributed by atoms with Crippen molar-refractivity contribution < 1.29 is 0 Å². The van der Waals surface area contributed by atoms with Crippen molar-refractivity contribution in [1.82, 2.24) is 19.9 Å². The van der Waals surface area contributed by atoms with Crippen LogP contribution in [0.1, 0.15) is 5.82 Å². The lowest BCUT2D eigenvalue weighted by atomic mass is 10.2. The van der Waals surface area contributed by atoms with Gasteiger partial charge in [-0.25, -0.2) is 15.0 Å². The van der Waals surface area contributed by atoms with E-state index in [2.05, 4.69) is 19.9 Å². The molecular formula is C14H10N4. The molecule has 2 heterocycles. The summed E-state index contributed by atoms with van der Waals surface area (Å²) in [7, 11) is 0. The standard InChI is InChI=1S/C14H10N4/c1-8-15-11-6-13-14(7-12(11)16-8)18-10-5-3-2-4-9(10)17-13/h2-7,17H,1H3. The first-order chi connectivity index (χ1) is 8.79. The van der Waals surface area contributed by atoms with Crippen LogP contribution in [0.25, 0.3) is 33.1 Å². The van der Waals surface area contributed by atoms with Crippen molar-refractivity contribution in [2.45, 2.75) is 6.92 Å². The summed E-state index contributed by atoms with van der Waals surface area (Å²) in [5.74, 6) is 0.796. The van der Waals surface area contributed by atoms with Crippen LogP contribution < -0.4 is 0 Å². The predicted molar refractivity (Wildman–Crippen MR) is 71.4 cm³/mol. The zero-order chi connectivity index (χ0) is 12.1. The Bertz CT molecular complexity index is 820. The fourth-order valence-electron chi connectivity index (χ4n) is 2.26. The van der Waals surface area contributed by atoms with E-state index in [0.717, 1.165) is 38.9 Å². The minimum absolute atomic E-state index is 0.796. The number of hydrogen-bond acceptors (Lipinski definition) is 3. The Hall–Kier alpha value is -2.49. The van der Waals surface area contributed by atoms with Gasteiger partial charge in [0.05, 0.1) is 33.1 Å². The Kier molecular flexibility index (Phi) is 1.73. The summed E-state index contributed by atoms with van der Waals surface area (Å²) in [4.78, 5) is 16.8. The molecule has 0 amide bonds. The van der Waals surface area contributed by atoms with Crippen molar-refractivity contribution in [3.05, 3.63) is 42.2 Å². The van der Waals surface area contributed by atoms with Crippen molar-refractivity contribution >= 4 is 33.1 Å². The Labute approximate surface area is 103 Å². The molecule has 0 spiro atoms. The third kappa shape index (κ3) is 1.29. The number of aromatic amines is 1. The van der Waals surface area contributed by atoms with E-state index in [9.17, 15) is 0 Å². The van der Waals surface area contributed by atoms with Gasteiger partial charge in [0, 0.05) is 0 Å². The SMILES string of the molecule is Cc1nc2cc3nc4ccccc4[nH]c3cc2n1. The lowest BCUT2D eigenvalue weighted by Crippen LogP contribution is -1.87. The van der Waals surface area contributed by atoms with Gasteiger partial charge in [-0.3, -0.25) is 0 Å². The lowest BCUT2D eigenvalue weighted by Gasteiger charge is -2.01. The maximum Gasteiger partial charge on any atom is 0.126 e. The molecule has 2 aromatic carbocycles. The van der Waals surface area contributed by atoms with Gasteiger partial charge in [-0.05, 0) is 31.2 Å². The Balaban J connectivity index is 2.19. The minimum Gasteiger partial charge on any atom is -0.352 e. The second-order valence-corrected chi connectivity index (χ2v) is 4.38. The molecule has 1 N–H and O–H groups in total. The van der Waals surface area contributed by atoms with E-state index in [4.69, 9.17) is 0 Å². The van der Waals surface area contributed by atoms with Crippen LogP contribution in [-0.2, 0) is 0 Å². The summed E-state index contributed by atoms with van der Waals surface area (Å²) in [6.45, 7) is 1.90. The van der Waals surface area contributed by atoms with E-state index in [-0.39, 0.29) is 0 Å². The molecule has 0 saturated carbocycles. The maximum absolute atomic E-state index is 4.64. The number of para-hydroxylation sites is 2. The summed E-state index contributed by atoms with van der Waals surface area (Å²) < 4.78 is 0. The predicted octanol–water partition coefficient (Wildman–Crippen LogP) is 2.97. The van der Waals surface area contributed by atoms with Crippen molar-refractivity contribution in [1.29, 1.82) is 0 Å². The Morgan fingerprint density at radius 3 is 2.44 bits per heavy atom. The number of aryl methyl sites for hydroxylation is 1. The molecule has 4 heteroatoms. The van der Waals surface area contributed by atoms with Crippen LogP contribution >= 0.6 is 0 Å². The number of fused-ring (bicyclic) bond motifs is 3. The van der Waals surface area contributed by atoms with Gasteiger partial charge in [-0.2, -0.15) is 0 Å². The van der Waals surface area contributed by atoms with Gasteiger partial charge in [0.15, 0.2) is 0 Å². The van der Waals surface area contributed by atoms with E-state index in [1.54, 1.807) is 0 Å². The third-order valence-electron chi connectivity index (χ3n) is 3.07. The van der Waals surface area contributed by atoms with Crippen LogP contribution in [0.3, 0.4) is 0 Å². The fraction of sp³-hybridized carbons (Fsp3) is 0.0714. The van der Waals surface area contributed by atoms with Gasteiger partial charge in [0.2, 0.25) is 0 Å². The first-order valence-electron chi connectivity index (χ1n) is 5.82. The number of nitrogens with one attached hydrogen (secondary N) is 1. The summed E-state index contributed by atoms with van der Waals surface area (Å²) in [6.07, 6.45) is 0. The lowest BCUT2D eigenvalue weighted by molar-refractivity contribution is 1.17. The van der Waals surface area contributed by atoms with Crippen molar-refractivity contribution in [3.8, 4) is 0 Å². The Morgan fingerprint density at radius 2 is 1.56 bits per heavy atom. The number of hydrogen-bond donors (Lipinski definition) is 1. The molecule has 0 aliphatic rings. The van der Waals surface area contributed by atoms with Crippen LogP contribution in [0.4, 0.5) is 0 Å². The summed E-state index contributed by atoms with van der Waals surface area (Å²) in [5.41, 5.74) is 5.70. The average Bonchev–Trinajstić information content (AvgIpc) is 2.72. The molecule has 4 nitrogen and oxygen atoms in total. The first-order valence-corrected chi connectivity index (χ1v) is 5.82. The summed E-state index contributed by atoms with van der Waals surface area (Å²) >= 11 is 0. The minimum atomic E-state index is 0.796. The van der Waals surface area contributed by atoms with E-state index in [0.29, 0.717) is 0 Å². The van der Waals surface area contributed by atoms with Gasteiger partial charge in [-0.15, -0.1) is 0 Å². The van der Waals surface area contributed by atoms with Gasteiger partial charge < -0.3 is 4.98 Å². The highest BCUT2D eigenvalue weighted by molar-refractivity contribution is 5.94. The van der Waals surface area contributed by atoms with Gasteiger partial charge in [0.1, 0.15) is 5.82 Å². The molecule has 0 bridgehead atoms. The van der Waals surface area contributed by atoms with Gasteiger partial charge in [0.25, 0.3) is 0 Å².